The Hall–Kier alpha value is -1.51. The molecule has 8 heteroatoms. The van der Waals surface area contributed by atoms with Crippen molar-refractivity contribution in [3.05, 3.63) is 40.2 Å². The number of alkyl halides is 3. The number of rotatable bonds is 4. The second-order valence-electron chi connectivity index (χ2n) is 4.22. The van der Waals surface area contributed by atoms with Gasteiger partial charge in [-0.3, -0.25) is 0 Å². The topological polar surface area (TPSA) is 48.1 Å². The van der Waals surface area contributed by atoms with E-state index in [1.165, 1.54) is 7.11 Å². The Bertz CT molecular complexity index is 640. The Morgan fingerprint density at radius 3 is 2.62 bits per heavy atom. The molecule has 0 amide bonds. The van der Waals surface area contributed by atoms with E-state index in [1.54, 1.807) is 0 Å². The maximum absolute atomic E-state index is 13.8. The first-order valence-corrected chi connectivity index (χ1v) is 6.73. The van der Waals surface area contributed by atoms with Crippen molar-refractivity contribution in [2.75, 3.05) is 7.11 Å². The maximum atomic E-state index is 13.8. The van der Waals surface area contributed by atoms with Crippen molar-refractivity contribution >= 4 is 11.3 Å². The quantitative estimate of drug-likeness (QED) is 0.876. The smallest absolute Gasteiger partial charge is 0.378 e. The van der Waals surface area contributed by atoms with Gasteiger partial charge in [0.05, 0.1) is 17.9 Å². The monoisotopic (exact) mass is 320 g/mol. The minimum atomic E-state index is -4.54. The first-order valence-electron chi connectivity index (χ1n) is 5.91. The number of aromatic nitrogens is 1. The molecule has 0 atom stereocenters. The zero-order valence-electron chi connectivity index (χ0n) is 11.0. The van der Waals surface area contributed by atoms with E-state index in [4.69, 9.17) is 10.5 Å². The molecule has 2 rings (SSSR count). The third kappa shape index (κ3) is 3.39. The molecule has 0 aliphatic rings. The lowest BCUT2D eigenvalue weighted by atomic mass is 10.1. The lowest BCUT2D eigenvalue weighted by molar-refractivity contribution is -0.137. The Morgan fingerprint density at radius 1 is 1.33 bits per heavy atom. The van der Waals surface area contributed by atoms with Crippen molar-refractivity contribution in [1.29, 1.82) is 0 Å². The maximum Gasteiger partial charge on any atom is 0.416 e. The molecule has 0 aliphatic carbocycles. The van der Waals surface area contributed by atoms with Gasteiger partial charge in [0, 0.05) is 24.1 Å². The number of nitrogens with two attached hydrogens (primary N) is 1. The van der Waals surface area contributed by atoms with Crippen LogP contribution in [0.4, 0.5) is 17.6 Å². The molecular weight excluding hydrogens is 308 g/mol. The first kappa shape index (κ1) is 15.9. The summed E-state index contributed by atoms with van der Waals surface area (Å²) < 4.78 is 56.9. The highest BCUT2D eigenvalue weighted by atomic mass is 32.1. The van der Waals surface area contributed by atoms with Crippen LogP contribution in [-0.4, -0.2) is 12.1 Å². The van der Waals surface area contributed by atoms with Crippen molar-refractivity contribution in [2.24, 2.45) is 5.73 Å². The molecule has 0 bridgehead atoms. The summed E-state index contributed by atoms with van der Waals surface area (Å²) in [6.45, 7) is 0.334. The van der Waals surface area contributed by atoms with Crippen LogP contribution in [-0.2, 0) is 24.1 Å². The zero-order chi connectivity index (χ0) is 15.6. The molecule has 3 nitrogen and oxygen atoms in total. The van der Waals surface area contributed by atoms with Gasteiger partial charge in [-0.25, -0.2) is 9.37 Å². The number of ether oxygens (including phenoxy) is 1. The lowest BCUT2D eigenvalue weighted by Gasteiger charge is -2.08. The molecule has 2 N–H and O–H groups in total. The molecule has 0 saturated heterocycles. The molecule has 1 aromatic carbocycles. The molecule has 0 fully saturated rings. The van der Waals surface area contributed by atoms with E-state index in [0.29, 0.717) is 16.6 Å². The Labute approximate surface area is 122 Å². The van der Waals surface area contributed by atoms with E-state index in [0.717, 1.165) is 23.5 Å². The fourth-order valence-electron chi connectivity index (χ4n) is 1.77. The van der Waals surface area contributed by atoms with Crippen molar-refractivity contribution in [1.82, 2.24) is 4.98 Å². The second-order valence-corrected chi connectivity index (χ2v) is 5.30. The molecule has 0 spiro atoms. The number of benzene rings is 1. The van der Waals surface area contributed by atoms with Gasteiger partial charge in [-0.05, 0) is 18.2 Å². The molecule has 0 unspecified atom stereocenters. The predicted octanol–water partition coefficient (Wildman–Crippen LogP) is 3.57. The summed E-state index contributed by atoms with van der Waals surface area (Å²) in [4.78, 5) is 4.79. The highest BCUT2D eigenvalue weighted by molar-refractivity contribution is 7.15. The van der Waals surface area contributed by atoms with E-state index in [1.807, 2.05) is 0 Å². The number of hydrogen-bond donors (Lipinski definition) is 1. The van der Waals surface area contributed by atoms with E-state index in [-0.39, 0.29) is 23.7 Å². The largest absolute Gasteiger partial charge is 0.416 e. The van der Waals surface area contributed by atoms with Crippen molar-refractivity contribution in [2.45, 2.75) is 19.3 Å². The highest BCUT2D eigenvalue weighted by Crippen LogP contribution is 2.35. The third-order valence-electron chi connectivity index (χ3n) is 2.77. The molecule has 0 radical (unpaired) electrons. The van der Waals surface area contributed by atoms with Crippen LogP contribution in [0.5, 0.6) is 0 Å². The van der Waals surface area contributed by atoms with Crippen LogP contribution in [0.3, 0.4) is 0 Å². The number of methoxy groups -OCH3 is 1. The fourth-order valence-corrected chi connectivity index (χ4v) is 2.73. The van der Waals surface area contributed by atoms with Crippen LogP contribution in [0, 0.1) is 5.82 Å². The van der Waals surface area contributed by atoms with Gasteiger partial charge < -0.3 is 10.5 Å². The van der Waals surface area contributed by atoms with Crippen molar-refractivity contribution in [3.63, 3.8) is 0 Å². The fraction of sp³-hybridized carbons (Fsp3) is 0.308. The SMILES string of the molecule is COCc1nc(-c2cc(C(F)(F)F)ccc2F)sc1CN. The number of hydrogen-bond acceptors (Lipinski definition) is 4. The molecule has 0 saturated carbocycles. The zero-order valence-corrected chi connectivity index (χ0v) is 11.8. The summed E-state index contributed by atoms with van der Waals surface area (Å²) in [5, 5.41) is 0.158. The van der Waals surface area contributed by atoms with Gasteiger partial charge in [0.25, 0.3) is 0 Å². The van der Waals surface area contributed by atoms with Crippen LogP contribution in [0.1, 0.15) is 16.1 Å². The molecule has 21 heavy (non-hydrogen) atoms. The summed E-state index contributed by atoms with van der Waals surface area (Å²) in [7, 11) is 1.46. The average Bonchev–Trinajstić information content (AvgIpc) is 2.81. The summed E-state index contributed by atoms with van der Waals surface area (Å²) in [6, 6.07) is 2.25. The molecular formula is C13H12F4N2OS. The van der Waals surface area contributed by atoms with E-state index in [9.17, 15) is 17.6 Å². The summed E-state index contributed by atoms with van der Waals surface area (Å²) in [5.41, 5.74) is 4.95. The molecule has 1 heterocycles. The van der Waals surface area contributed by atoms with Gasteiger partial charge in [-0.1, -0.05) is 0 Å². The van der Waals surface area contributed by atoms with Crippen LogP contribution >= 0.6 is 11.3 Å². The first-order chi connectivity index (χ1) is 9.86. The minimum Gasteiger partial charge on any atom is -0.378 e. The third-order valence-corrected chi connectivity index (χ3v) is 3.92. The van der Waals surface area contributed by atoms with Gasteiger partial charge >= 0.3 is 6.18 Å². The van der Waals surface area contributed by atoms with Crippen LogP contribution < -0.4 is 5.73 Å². The standard InChI is InChI=1S/C13H12F4N2OS/c1-20-6-10-11(5-18)21-12(19-10)8-4-7(13(15,16)17)2-3-9(8)14/h2-4H,5-6,18H2,1H3. The van der Waals surface area contributed by atoms with E-state index >= 15 is 0 Å². The van der Waals surface area contributed by atoms with Gasteiger partial charge in [-0.15, -0.1) is 11.3 Å². The van der Waals surface area contributed by atoms with E-state index in [2.05, 4.69) is 4.98 Å². The molecule has 1 aromatic heterocycles. The summed E-state index contributed by atoms with van der Waals surface area (Å²) in [6.07, 6.45) is -4.54. The summed E-state index contributed by atoms with van der Waals surface area (Å²) in [5.74, 6) is -0.760. The van der Waals surface area contributed by atoms with Crippen molar-refractivity contribution in [3.8, 4) is 10.6 Å². The number of nitrogens with zero attached hydrogens (tertiary/aromatic N) is 1. The van der Waals surface area contributed by atoms with Crippen molar-refractivity contribution < 1.29 is 22.3 Å². The number of thiazole rings is 1. The Morgan fingerprint density at radius 2 is 2.05 bits per heavy atom. The molecule has 114 valence electrons. The van der Waals surface area contributed by atoms with Gasteiger partial charge in [0.1, 0.15) is 10.8 Å². The minimum absolute atomic E-state index is 0.158. The number of halogens is 4. The average molecular weight is 320 g/mol. The van der Waals surface area contributed by atoms with Gasteiger partial charge in [-0.2, -0.15) is 13.2 Å². The second kappa shape index (κ2) is 6.08. The Balaban J connectivity index is 2.51. The lowest BCUT2D eigenvalue weighted by Crippen LogP contribution is -2.05. The summed E-state index contributed by atoms with van der Waals surface area (Å²) >= 11 is 1.06. The molecule has 0 aliphatic heterocycles. The Kier molecular flexibility index (Phi) is 4.60. The van der Waals surface area contributed by atoms with Crippen LogP contribution in [0.2, 0.25) is 0 Å². The van der Waals surface area contributed by atoms with E-state index < -0.39 is 17.6 Å². The normalized spacial score (nSPS) is 11.9. The van der Waals surface area contributed by atoms with Crippen LogP contribution in [0.15, 0.2) is 18.2 Å². The van der Waals surface area contributed by atoms with Crippen LogP contribution in [0.25, 0.3) is 10.6 Å². The van der Waals surface area contributed by atoms with Gasteiger partial charge in [0.2, 0.25) is 0 Å². The predicted molar refractivity (Wildman–Crippen MR) is 71.1 cm³/mol. The van der Waals surface area contributed by atoms with Gasteiger partial charge in [0.15, 0.2) is 0 Å². The highest BCUT2D eigenvalue weighted by Gasteiger charge is 2.31. The molecule has 2 aromatic rings.